The fraction of sp³-hybridized carbons (Fsp3) is 0.538. The molecule has 34 heavy (non-hydrogen) atoms. The van der Waals surface area contributed by atoms with Gasteiger partial charge in [0.2, 0.25) is 5.91 Å². The Morgan fingerprint density at radius 2 is 2.12 bits per heavy atom. The second-order valence-electron chi connectivity index (χ2n) is 10.1. The van der Waals surface area contributed by atoms with E-state index < -0.39 is 6.10 Å². The number of benzene rings is 1. The summed E-state index contributed by atoms with van der Waals surface area (Å²) in [5.41, 5.74) is 1.61. The van der Waals surface area contributed by atoms with Crippen LogP contribution in [0.25, 0.3) is 0 Å². The lowest BCUT2D eigenvalue weighted by atomic mass is 9.53. The number of hydrogen-bond acceptors (Lipinski definition) is 5. The number of para-hydroxylation sites is 1. The van der Waals surface area contributed by atoms with Gasteiger partial charge in [-0.1, -0.05) is 56.0 Å². The number of aliphatic hydroxyl groups excluding tert-OH is 1. The second kappa shape index (κ2) is 9.70. The van der Waals surface area contributed by atoms with E-state index in [1.807, 2.05) is 13.0 Å². The fourth-order valence-electron chi connectivity index (χ4n) is 6.07. The van der Waals surface area contributed by atoms with Crippen molar-refractivity contribution in [1.82, 2.24) is 9.88 Å². The van der Waals surface area contributed by atoms with Gasteiger partial charge in [-0.25, -0.2) is 4.98 Å². The van der Waals surface area contributed by atoms with E-state index in [1.54, 1.807) is 35.4 Å². The Labute approximate surface area is 215 Å². The molecule has 6 atom stereocenters. The second-order valence-corrected chi connectivity index (χ2v) is 12.0. The van der Waals surface area contributed by atoms with Gasteiger partial charge in [0.15, 0.2) is 5.13 Å². The minimum Gasteiger partial charge on any atom is -0.392 e. The minimum atomic E-state index is -0.587. The number of rotatable bonds is 5. The Bertz CT molecular complexity index is 1110. The standard InChI is InChI=1S/C26H31Cl2N3O2S/c1-6-12-31(5)24(33)14(2)16-10-11-26(4)13-19-21(15(3)20(26)23(16)32)29-25(34-19)30-22-17(27)8-7-9-18(22)28/h1,7-9,14-16,20,23,32H,10-13H2,2-5H3,(H,29,30)/t14-,15-,16-,20+,23-,26-/m0/s1. The third kappa shape index (κ3) is 4.44. The normalized spacial score (nSPS) is 28.9. The van der Waals surface area contributed by atoms with E-state index in [2.05, 4.69) is 25.1 Å². The molecular weight excluding hydrogens is 489 g/mol. The quantitative estimate of drug-likeness (QED) is 0.477. The summed E-state index contributed by atoms with van der Waals surface area (Å²) in [7, 11) is 1.72. The smallest absolute Gasteiger partial charge is 0.226 e. The fourth-order valence-corrected chi connectivity index (χ4v) is 7.83. The molecule has 1 aromatic heterocycles. The van der Waals surface area contributed by atoms with E-state index in [4.69, 9.17) is 34.6 Å². The topological polar surface area (TPSA) is 65.5 Å². The van der Waals surface area contributed by atoms with Crippen molar-refractivity contribution in [3.05, 3.63) is 38.8 Å². The number of amides is 1. The summed E-state index contributed by atoms with van der Waals surface area (Å²) in [5, 5.41) is 16.7. The van der Waals surface area contributed by atoms with E-state index in [9.17, 15) is 9.90 Å². The van der Waals surface area contributed by atoms with E-state index in [1.165, 1.54) is 4.88 Å². The van der Waals surface area contributed by atoms with Crippen LogP contribution in [0.2, 0.25) is 10.0 Å². The predicted octanol–water partition coefficient (Wildman–Crippen LogP) is 5.97. The number of nitrogens with one attached hydrogen (secondary N) is 1. The Morgan fingerprint density at radius 1 is 1.44 bits per heavy atom. The molecule has 5 nitrogen and oxygen atoms in total. The molecule has 1 heterocycles. The number of hydrogen-bond donors (Lipinski definition) is 2. The number of aromatic nitrogens is 1. The Balaban J connectivity index is 1.59. The number of aliphatic hydroxyl groups is 1. The molecule has 1 aromatic carbocycles. The molecule has 1 amide bonds. The molecular formula is C26H31Cl2N3O2S. The highest BCUT2D eigenvalue weighted by Crippen LogP contribution is 2.57. The molecule has 2 aliphatic rings. The van der Waals surface area contributed by atoms with Gasteiger partial charge in [0, 0.05) is 23.8 Å². The number of halogens is 2. The lowest BCUT2D eigenvalue weighted by Crippen LogP contribution is -2.53. The first-order valence-electron chi connectivity index (χ1n) is 11.6. The first-order valence-corrected chi connectivity index (χ1v) is 13.2. The van der Waals surface area contributed by atoms with Gasteiger partial charge >= 0.3 is 0 Å². The van der Waals surface area contributed by atoms with Crippen LogP contribution in [0.15, 0.2) is 18.2 Å². The van der Waals surface area contributed by atoms with Crippen LogP contribution >= 0.6 is 34.5 Å². The average molecular weight is 521 g/mol. The van der Waals surface area contributed by atoms with E-state index in [0.29, 0.717) is 15.7 Å². The summed E-state index contributed by atoms with van der Waals surface area (Å²) in [6, 6.07) is 5.40. The number of carbonyl (C=O) groups is 1. The zero-order valence-corrected chi connectivity index (χ0v) is 22.3. The van der Waals surface area contributed by atoms with Crippen molar-refractivity contribution in [1.29, 1.82) is 0 Å². The highest BCUT2D eigenvalue weighted by molar-refractivity contribution is 7.15. The first kappa shape index (κ1) is 25.3. The van der Waals surface area contributed by atoms with Gasteiger partial charge in [-0.05, 0) is 48.6 Å². The zero-order chi connectivity index (χ0) is 24.8. The maximum absolute atomic E-state index is 12.9. The maximum Gasteiger partial charge on any atom is 0.226 e. The Morgan fingerprint density at radius 3 is 2.76 bits per heavy atom. The molecule has 0 bridgehead atoms. The summed E-state index contributed by atoms with van der Waals surface area (Å²) in [5.74, 6) is 2.20. The summed E-state index contributed by atoms with van der Waals surface area (Å²) >= 11 is 14.3. The van der Waals surface area contributed by atoms with Crippen LogP contribution in [0, 0.1) is 35.5 Å². The number of carbonyl (C=O) groups excluding carboxylic acids is 1. The Kier molecular flexibility index (Phi) is 7.22. The van der Waals surface area contributed by atoms with Crippen molar-refractivity contribution in [3.8, 4) is 12.3 Å². The van der Waals surface area contributed by atoms with E-state index >= 15 is 0 Å². The van der Waals surface area contributed by atoms with Crippen molar-refractivity contribution >= 4 is 51.3 Å². The van der Waals surface area contributed by atoms with Crippen molar-refractivity contribution < 1.29 is 9.90 Å². The summed E-state index contributed by atoms with van der Waals surface area (Å²) in [6.45, 7) is 6.61. The molecule has 0 radical (unpaired) electrons. The van der Waals surface area contributed by atoms with Gasteiger partial charge < -0.3 is 15.3 Å². The van der Waals surface area contributed by atoms with Gasteiger partial charge in [-0.15, -0.1) is 17.8 Å². The van der Waals surface area contributed by atoms with Crippen LogP contribution < -0.4 is 5.32 Å². The average Bonchev–Trinajstić information content (AvgIpc) is 3.18. The van der Waals surface area contributed by atoms with E-state index in [0.717, 1.165) is 30.1 Å². The molecule has 0 spiro atoms. The molecule has 2 N–H and O–H groups in total. The number of thiazole rings is 1. The summed E-state index contributed by atoms with van der Waals surface area (Å²) < 4.78 is 0. The highest BCUT2D eigenvalue weighted by Gasteiger charge is 2.54. The van der Waals surface area contributed by atoms with Crippen LogP contribution in [0.1, 0.15) is 50.1 Å². The summed E-state index contributed by atoms with van der Waals surface area (Å²) in [6.07, 6.45) is 7.43. The molecule has 0 saturated heterocycles. The lowest BCUT2D eigenvalue weighted by Gasteiger charge is -2.53. The van der Waals surface area contributed by atoms with Gasteiger partial charge in [-0.2, -0.15) is 0 Å². The molecule has 4 rings (SSSR count). The van der Waals surface area contributed by atoms with Crippen LogP contribution in [0.4, 0.5) is 10.8 Å². The van der Waals surface area contributed by atoms with Gasteiger partial charge in [-0.3, -0.25) is 4.79 Å². The van der Waals surface area contributed by atoms with Crippen LogP contribution in [-0.4, -0.2) is 40.6 Å². The van der Waals surface area contributed by atoms with Crippen molar-refractivity contribution in [3.63, 3.8) is 0 Å². The molecule has 182 valence electrons. The summed E-state index contributed by atoms with van der Waals surface area (Å²) in [4.78, 5) is 20.6. The van der Waals surface area contributed by atoms with Gasteiger partial charge in [0.1, 0.15) is 0 Å². The number of anilines is 2. The van der Waals surface area contributed by atoms with Gasteiger partial charge in [0.25, 0.3) is 0 Å². The number of terminal acetylenes is 1. The number of nitrogens with zero attached hydrogens (tertiary/aromatic N) is 2. The molecule has 1 saturated carbocycles. The maximum atomic E-state index is 12.9. The molecule has 2 aromatic rings. The molecule has 1 fully saturated rings. The minimum absolute atomic E-state index is 0.00785. The lowest BCUT2D eigenvalue weighted by molar-refractivity contribution is -0.142. The SMILES string of the molecule is C#CCN(C)C(=O)[C@@H](C)[C@@H]1CC[C@@]2(C)Cc3sc(Nc4c(Cl)cccc4Cl)nc3[C@@H](C)[C@@H]2[C@H]1O. The van der Waals surface area contributed by atoms with Crippen molar-refractivity contribution in [2.75, 3.05) is 18.9 Å². The Hall–Kier alpha value is -1.78. The van der Waals surface area contributed by atoms with Crippen LogP contribution in [0.3, 0.4) is 0 Å². The number of fused-ring (bicyclic) bond motifs is 2. The zero-order valence-electron chi connectivity index (χ0n) is 19.9. The van der Waals surface area contributed by atoms with E-state index in [-0.39, 0.29) is 41.5 Å². The first-order chi connectivity index (χ1) is 16.1. The largest absolute Gasteiger partial charge is 0.392 e. The highest BCUT2D eigenvalue weighted by atomic mass is 35.5. The van der Waals surface area contributed by atoms with Crippen LogP contribution in [-0.2, 0) is 11.2 Å². The molecule has 8 heteroatoms. The van der Waals surface area contributed by atoms with Crippen molar-refractivity contribution in [2.45, 2.75) is 52.1 Å². The molecule has 2 aliphatic carbocycles. The third-order valence-corrected chi connectivity index (χ3v) is 9.47. The van der Waals surface area contributed by atoms with Crippen LogP contribution in [0.5, 0.6) is 0 Å². The van der Waals surface area contributed by atoms with Crippen molar-refractivity contribution in [2.24, 2.45) is 23.2 Å². The van der Waals surface area contributed by atoms with Gasteiger partial charge in [0.05, 0.1) is 34.1 Å². The monoisotopic (exact) mass is 519 g/mol. The molecule has 0 aliphatic heterocycles. The molecule has 0 unspecified atom stereocenters. The predicted molar refractivity (Wildman–Crippen MR) is 140 cm³/mol. The third-order valence-electron chi connectivity index (χ3n) is 7.85.